The number of ether oxygens (including phenoxy) is 1. The van der Waals surface area contributed by atoms with Crippen molar-refractivity contribution in [1.29, 1.82) is 0 Å². The third-order valence-corrected chi connectivity index (χ3v) is 2.50. The highest BCUT2D eigenvalue weighted by atomic mass is 16.5. The number of methoxy groups -OCH3 is 1. The van der Waals surface area contributed by atoms with E-state index in [9.17, 15) is 0 Å². The van der Waals surface area contributed by atoms with E-state index in [0.717, 1.165) is 18.5 Å². The number of nitrogens with two attached hydrogens (primary N) is 1. The Labute approximate surface area is 105 Å². The van der Waals surface area contributed by atoms with E-state index in [0.29, 0.717) is 17.4 Å². The van der Waals surface area contributed by atoms with Gasteiger partial charge in [-0.05, 0) is 12.0 Å². The molecule has 2 aromatic rings. The lowest BCUT2D eigenvalue weighted by Crippen LogP contribution is -2.09. The molecule has 0 aromatic carbocycles. The number of aryl methyl sites for hydroxylation is 1. The molecule has 96 valence electrons. The smallest absolute Gasteiger partial charge is 0.203 e. The Morgan fingerprint density at radius 3 is 2.94 bits per heavy atom. The van der Waals surface area contributed by atoms with Crippen LogP contribution in [0.2, 0.25) is 0 Å². The lowest BCUT2D eigenvalue weighted by Gasteiger charge is -2.10. The van der Waals surface area contributed by atoms with Gasteiger partial charge in [-0.2, -0.15) is 5.10 Å². The van der Waals surface area contributed by atoms with Crippen molar-refractivity contribution in [2.24, 2.45) is 7.05 Å². The molecule has 0 amide bonds. The highest BCUT2D eigenvalue weighted by molar-refractivity contribution is 5.61. The number of rotatable bonds is 5. The highest BCUT2D eigenvalue weighted by Crippen LogP contribution is 2.25. The van der Waals surface area contributed by atoms with Crippen molar-refractivity contribution in [3.05, 3.63) is 24.3 Å². The van der Waals surface area contributed by atoms with E-state index < -0.39 is 0 Å². The lowest BCUT2D eigenvalue weighted by molar-refractivity contribution is 0.415. The lowest BCUT2D eigenvalue weighted by atomic mass is 10.2. The zero-order valence-electron chi connectivity index (χ0n) is 10.4. The minimum absolute atomic E-state index is 0.330. The number of hydrogen-bond donors (Lipinski definition) is 2. The second kappa shape index (κ2) is 5.35. The van der Waals surface area contributed by atoms with Crippen molar-refractivity contribution >= 4 is 11.6 Å². The molecule has 0 saturated heterocycles. The first kappa shape index (κ1) is 12.2. The Kier molecular flexibility index (Phi) is 3.61. The summed E-state index contributed by atoms with van der Waals surface area (Å²) in [6.45, 7) is 0.721. The first-order valence-electron chi connectivity index (χ1n) is 5.56. The van der Waals surface area contributed by atoms with Crippen LogP contribution < -0.4 is 15.8 Å². The van der Waals surface area contributed by atoms with Gasteiger partial charge in [-0.3, -0.25) is 4.68 Å². The summed E-state index contributed by atoms with van der Waals surface area (Å²) >= 11 is 0. The fourth-order valence-electron chi connectivity index (χ4n) is 1.64. The summed E-state index contributed by atoms with van der Waals surface area (Å²) in [6.07, 6.45) is 6.08. The van der Waals surface area contributed by atoms with Gasteiger partial charge in [0.05, 0.1) is 13.3 Å². The van der Waals surface area contributed by atoms with Gasteiger partial charge in [0, 0.05) is 19.8 Å². The van der Waals surface area contributed by atoms with Crippen LogP contribution in [0.15, 0.2) is 18.7 Å². The number of nitrogens with one attached hydrogen (secondary N) is 1. The van der Waals surface area contributed by atoms with Crippen molar-refractivity contribution in [2.45, 2.75) is 6.42 Å². The molecule has 7 heteroatoms. The van der Waals surface area contributed by atoms with Crippen molar-refractivity contribution in [3.63, 3.8) is 0 Å². The van der Waals surface area contributed by atoms with Crippen LogP contribution in [0.4, 0.5) is 11.6 Å². The van der Waals surface area contributed by atoms with E-state index in [4.69, 9.17) is 10.5 Å². The van der Waals surface area contributed by atoms with Gasteiger partial charge in [-0.1, -0.05) is 0 Å². The molecule has 0 bridgehead atoms. The van der Waals surface area contributed by atoms with Gasteiger partial charge in [0.2, 0.25) is 5.75 Å². The summed E-state index contributed by atoms with van der Waals surface area (Å²) in [5, 5.41) is 7.28. The van der Waals surface area contributed by atoms with E-state index in [1.54, 1.807) is 11.8 Å². The topological polar surface area (TPSA) is 90.9 Å². The molecule has 2 heterocycles. The monoisotopic (exact) mass is 248 g/mol. The summed E-state index contributed by atoms with van der Waals surface area (Å²) in [6, 6.07) is 0. The quantitative estimate of drug-likeness (QED) is 0.798. The van der Waals surface area contributed by atoms with Crippen LogP contribution in [-0.4, -0.2) is 33.4 Å². The number of nitrogens with zero attached hydrogens (tertiary/aromatic N) is 4. The Morgan fingerprint density at radius 1 is 1.44 bits per heavy atom. The van der Waals surface area contributed by atoms with E-state index in [-0.39, 0.29) is 0 Å². The van der Waals surface area contributed by atoms with Crippen LogP contribution in [0.1, 0.15) is 5.56 Å². The number of nitrogen functional groups attached to an aromatic ring is 1. The minimum Gasteiger partial charge on any atom is -0.490 e. The van der Waals surface area contributed by atoms with Crippen molar-refractivity contribution in [2.75, 3.05) is 24.7 Å². The van der Waals surface area contributed by atoms with Crippen LogP contribution in [0.5, 0.6) is 5.75 Å². The Hall–Kier alpha value is -2.31. The van der Waals surface area contributed by atoms with E-state index in [1.807, 2.05) is 19.4 Å². The Bertz CT molecular complexity index is 524. The summed E-state index contributed by atoms with van der Waals surface area (Å²) in [4.78, 5) is 7.97. The van der Waals surface area contributed by atoms with Gasteiger partial charge in [-0.15, -0.1) is 0 Å². The van der Waals surface area contributed by atoms with Gasteiger partial charge in [0.15, 0.2) is 11.6 Å². The van der Waals surface area contributed by atoms with Gasteiger partial charge in [0.1, 0.15) is 6.33 Å². The molecule has 2 aromatic heterocycles. The molecule has 0 aliphatic carbocycles. The number of anilines is 2. The first-order chi connectivity index (χ1) is 8.70. The van der Waals surface area contributed by atoms with Crippen LogP contribution in [0.3, 0.4) is 0 Å². The number of hydrogen-bond acceptors (Lipinski definition) is 6. The Morgan fingerprint density at radius 2 is 2.28 bits per heavy atom. The molecule has 0 spiro atoms. The average Bonchev–Trinajstić information content (AvgIpc) is 2.75. The van der Waals surface area contributed by atoms with Crippen molar-refractivity contribution in [3.8, 4) is 5.75 Å². The van der Waals surface area contributed by atoms with Crippen molar-refractivity contribution in [1.82, 2.24) is 19.7 Å². The average molecular weight is 248 g/mol. The predicted molar refractivity (Wildman–Crippen MR) is 68.4 cm³/mol. The standard InChI is InChI=1S/C11H16N6O/c1-17-6-8(5-16-17)3-4-13-11-9(18-2)10(12)14-7-15-11/h5-7H,3-4H2,1-2H3,(H3,12,13,14,15). The van der Waals surface area contributed by atoms with E-state index in [2.05, 4.69) is 20.4 Å². The van der Waals surface area contributed by atoms with Crippen LogP contribution in [0.25, 0.3) is 0 Å². The SMILES string of the molecule is COc1c(N)ncnc1NCCc1cnn(C)c1. The third kappa shape index (κ3) is 2.68. The molecule has 3 N–H and O–H groups in total. The molecular formula is C11H16N6O. The molecule has 7 nitrogen and oxygen atoms in total. The summed E-state index contributed by atoms with van der Waals surface area (Å²) in [5.41, 5.74) is 6.85. The second-order valence-electron chi connectivity index (χ2n) is 3.84. The molecule has 0 fully saturated rings. The fraction of sp³-hybridized carbons (Fsp3) is 0.364. The van der Waals surface area contributed by atoms with Crippen LogP contribution in [-0.2, 0) is 13.5 Å². The molecule has 0 radical (unpaired) electrons. The molecule has 0 atom stereocenters. The maximum atomic E-state index is 5.69. The van der Waals surface area contributed by atoms with Gasteiger partial charge in [0.25, 0.3) is 0 Å². The molecule has 2 rings (SSSR count). The maximum absolute atomic E-state index is 5.69. The van der Waals surface area contributed by atoms with Crippen LogP contribution in [0, 0.1) is 0 Å². The normalized spacial score (nSPS) is 10.3. The van der Waals surface area contributed by atoms with Crippen molar-refractivity contribution < 1.29 is 4.74 Å². The Balaban J connectivity index is 1.96. The zero-order valence-corrected chi connectivity index (χ0v) is 10.4. The van der Waals surface area contributed by atoms with Crippen LogP contribution >= 0.6 is 0 Å². The fourth-order valence-corrected chi connectivity index (χ4v) is 1.64. The third-order valence-electron chi connectivity index (χ3n) is 2.50. The van der Waals surface area contributed by atoms with Gasteiger partial charge >= 0.3 is 0 Å². The summed E-state index contributed by atoms with van der Waals surface area (Å²) in [7, 11) is 3.44. The molecular weight excluding hydrogens is 232 g/mol. The van der Waals surface area contributed by atoms with E-state index >= 15 is 0 Å². The molecule has 0 saturated carbocycles. The zero-order chi connectivity index (χ0) is 13.0. The number of aromatic nitrogens is 4. The molecule has 0 aliphatic rings. The summed E-state index contributed by atoms with van der Waals surface area (Å²) < 4.78 is 6.93. The predicted octanol–water partition coefficient (Wildman–Crippen LogP) is 0.455. The highest BCUT2D eigenvalue weighted by Gasteiger charge is 2.08. The molecule has 0 aliphatic heterocycles. The molecule has 18 heavy (non-hydrogen) atoms. The second-order valence-corrected chi connectivity index (χ2v) is 3.84. The van der Waals surface area contributed by atoms with Gasteiger partial charge < -0.3 is 15.8 Å². The summed E-state index contributed by atoms with van der Waals surface area (Å²) in [5.74, 6) is 1.41. The maximum Gasteiger partial charge on any atom is 0.203 e. The minimum atomic E-state index is 0.330. The van der Waals surface area contributed by atoms with Gasteiger partial charge in [-0.25, -0.2) is 9.97 Å². The molecule has 0 unspecified atom stereocenters. The first-order valence-corrected chi connectivity index (χ1v) is 5.56. The largest absolute Gasteiger partial charge is 0.490 e. The van der Waals surface area contributed by atoms with E-state index in [1.165, 1.54) is 6.33 Å².